The van der Waals surface area contributed by atoms with Crippen LogP contribution in [0.4, 0.5) is 8.78 Å². The SMILES string of the molecule is C=C(CCS(=O)(=O)CCC)c1ncn(-c2nccc([C@@]34CC[C@@H](c5cc(-c6c(F)cccc6F)nnc53)C4(C)C)n2)n1. The Balaban J connectivity index is 1.34. The van der Waals surface area contributed by atoms with Gasteiger partial charge in [-0.05, 0) is 72.4 Å². The average Bonchev–Trinajstić information content (AvgIpc) is 3.60. The van der Waals surface area contributed by atoms with Gasteiger partial charge < -0.3 is 0 Å². The van der Waals surface area contributed by atoms with Gasteiger partial charge in [0.05, 0.1) is 33.8 Å². The summed E-state index contributed by atoms with van der Waals surface area (Å²) in [5, 5.41) is 13.4. The first-order valence-electron chi connectivity index (χ1n) is 13.9. The second-order valence-corrected chi connectivity index (χ2v) is 13.9. The van der Waals surface area contributed by atoms with Crippen LogP contribution >= 0.6 is 0 Å². The van der Waals surface area contributed by atoms with E-state index in [0.29, 0.717) is 23.8 Å². The highest BCUT2D eigenvalue weighted by Gasteiger charge is 2.65. The summed E-state index contributed by atoms with van der Waals surface area (Å²) in [5.74, 6) is -0.502. The van der Waals surface area contributed by atoms with Crippen molar-refractivity contribution in [1.82, 2.24) is 34.9 Å². The molecule has 4 aromatic rings. The van der Waals surface area contributed by atoms with Crippen LogP contribution in [0.1, 0.15) is 75.1 Å². The average molecular weight is 592 g/mol. The van der Waals surface area contributed by atoms with E-state index in [4.69, 9.17) is 4.98 Å². The Hall–Kier alpha value is -3.93. The minimum absolute atomic E-state index is 0.00924. The lowest BCUT2D eigenvalue weighted by Crippen LogP contribution is -2.38. The first-order valence-corrected chi connectivity index (χ1v) is 15.8. The van der Waals surface area contributed by atoms with Gasteiger partial charge in [-0.3, -0.25) is 0 Å². The molecular weight excluding hydrogens is 560 g/mol. The predicted molar refractivity (Wildman–Crippen MR) is 153 cm³/mol. The summed E-state index contributed by atoms with van der Waals surface area (Å²) in [6.45, 7) is 10.2. The van der Waals surface area contributed by atoms with Crippen LogP contribution in [0.3, 0.4) is 0 Å². The Kier molecular flexibility index (Phi) is 6.79. The molecule has 1 saturated carbocycles. The number of nitrogens with zero attached hydrogens (tertiary/aromatic N) is 7. The van der Waals surface area contributed by atoms with Crippen molar-refractivity contribution in [2.45, 2.75) is 57.8 Å². The summed E-state index contributed by atoms with van der Waals surface area (Å²) in [6.07, 6.45) is 5.59. The highest BCUT2D eigenvalue weighted by Crippen LogP contribution is 2.69. The van der Waals surface area contributed by atoms with Gasteiger partial charge in [0.2, 0.25) is 0 Å². The third-order valence-electron chi connectivity index (χ3n) is 8.92. The van der Waals surface area contributed by atoms with Gasteiger partial charge in [-0.2, -0.15) is 9.78 Å². The topological polar surface area (TPSA) is 116 Å². The highest BCUT2D eigenvalue weighted by atomic mass is 32.2. The molecule has 2 aliphatic carbocycles. The highest BCUT2D eigenvalue weighted by molar-refractivity contribution is 7.91. The van der Waals surface area contributed by atoms with Crippen molar-refractivity contribution in [3.63, 3.8) is 0 Å². The summed E-state index contributed by atoms with van der Waals surface area (Å²) in [7, 11) is -3.16. The number of hydrogen-bond donors (Lipinski definition) is 0. The summed E-state index contributed by atoms with van der Waals surface area (Å²) in [4.78, 5) is 13.7. The third kappa shape index (κ3) is 4.34. The molecule has 218 valence electrons. The molecule has 2 bridgehead atoms. The Morgan fingerprint density at radius 1 is 1.12 bits per heavy atom. The van der Waals surface area contributed by atoms with Crippen molar-refractivity contribution in [1.29, 1.82) is 0 Å². The molecule has 0 N–H and O–H groups in total. The van der Waals surface area contributed by atoms with Crippen LogP contribution in [0, 0.1) is 17.0 Å². The number of fused-ring (bicyclic) bond motifs is 5. The lowest BCUT2D eigenvalue weighted by atomic mass is 9.66. The van der Waals surface area contributed by atoms with Gasteiger partial charge in [0.15, 0.2) is 15.7 Å². The molecule has 0 spiro atoms. The molecule has 3 heterocycles. The maximum absolute atomic E-state index is 14.6. The van der Waals surface area contributed by atoms with Crippen LogP contribution in [0.5, 0.6) is 0 Å². The summed E-state index contributed by atoms with van der Waals surface area (Å²) >= 11 is 0. The number of aromatic nitrogens is 7. The molecule has 6 rings (SSSR count). The molecule has 1 aromatic carbocycles. The summed E-state index contributed by atoms with van der Waals surface area (Å²) in [5.41, 5.74) is 2.04. The van der Waals surface area contributed by atoms with E-state index in [1.807, 2.05) is 13.0 Å². The van der Waals surface area contributed by atoms with E-state index in [1.54, 1.807) is 12.3 Å². The number of benzene rings is 1. The van der Waals surface area contributed by atoms with Crippen molar-refractivity contribution < 1.29 is 17.2 Å². The molecule has 2 atom stereocenters. The van der Waals surface area contributed by atoms with E-state index in [-0.39, 0.29) is 40.5 Å². The van der Waals surface area contributed by atoms with E-state index < -0.39 is 26.9 Å². The molecule has 1 fully saturated rings. The maximum atomic E-state index is 14.6. The minimum atomic E-state index is -3.16. The van der Waals surface area contributed by atoms with Crippen molar-refractivity contribution in [2.24, 2.45) is 5.41 Å². The smallest absolute Gasteiger partial charge is 0.229 e. The fourth-order valence-electron chi connectivity index (χ4n) is 6.78. The van der Waals surface area contributed by atoms with Gasteiger partial charge >= 0.3 is 0 Å². The first kappa shape index (κ1) is 28.2. The maximum Gasteiger partial charge on any atom is 0.252 e. The predicted octanol–water partition coefficient (Wildman–Crippen LogP) is 5.22. The Morgan fingerprint density at radius 2 is 1.88 bits per heavy atom. The summed E-state index contributed by atoms with van der Waals surface area (Å²) in [6, 6.07) is 7.40. The molecule has 9 nitrogen and oxygen atoms in total. The number of sulfone groups is 1. The molecular formula is C30H31F2N7O2S. The first-order chi connectivity index (χ1) is 20.0. The van der Waals surface area contributed by atoms with Crippen LogP contribution in [-0.2, 0) is 15.3 Å². The molecule has 0 aliphatic heterocycles. The number of allylic oxidation sites excluding steroid dienone is 1. The molecule has 0 saturated heterocycles. The third-order valence-corrected chi connectivity index (χ3v) is 10.8. The van der Waals surface area contributed by atoms with Crippen LogP contribution in [0.25, 0.3) is 22.8 Å². The Bertz CT molecular complexity index is 1800. The second kappa shape index (κ2) is 10.1. The van der Waals surface area contributed by atoms with Crippen LogP contribution in [-0.4, -0.2) is 54.9 Å². The number of hydrogen-bond acceptors (Lipinski definition) is 8. The number of rotatable bonds is 9. The standard InChI is InChI=1S/C30H31F2N7O2S/c1-5-14-42(40,41)15-11-18(2)27-34-17-39(38-27)28-33-13-10-24(35-28)30-12-9-20(29(30,3)4)19-16-23(36-37-26(19)30)25-21(31)7-6-8-22(25)32/h6-8,10,13,16-17,20H,2,5,9,11-12,14-15H2,1,3-4H3/t20-,30-/m0/s1. The molecule has 3 aromatic heterocycles. The van der Waals surface area contributed by atoms with Crippen molar-refractivity contribution in [3.05, 3.63) is 83.8 Å². The van der Waals surface area contributed by atoms with E-state index in [1.165, 1.54) is 29.2 Å². The Morgan fingerprint density at radius 3 is 2.62 bits per heavy atom. The molecule has 0 radical (unpaired) electrons. The van der Waals surface area contributed by atoms with E-state index >= 15 is 0 Å². The monoisotopic (exact) mass is 591 g/mol. The second-order valence-electron chi connectivity index (χ2n) is 11.6. The number of halogens is 2. The lowest BCUT2D eigenvalue weighted by molar-refractivity contribution is 0.242. The molecule has 0 unspecified atom stereocenters. The quantitative estimate of drug-likeness (QED) is 0.260. The van der Waals surface area contributed by atoms with Gasteiger partial charge in [-0.1, -0.05) is 33.4 Å². The zero-order valence-electron chi connectivity index (χ0n) is 23.7. The van der Waals surface area contributed by atoms with E-state index in [0.717, 1.165) is 29.8 Å². The minimum Gasteiger partial charge on any atom is -0.229 e. The largest absolute Gasteiger partial charge is 0.252 e. The van der Waals surface area contributed by atoms with Crippen LogP contribution < -0.4 is 0 Å². The molecule has 12 heteroatoms. The van der Waals surface area contributed by atoms with Crippen LogP contribution in [0.2, 0.25) is 0 Å². The van der Waals surface area contributed by atoms with Gasteiger partial charge in [-0.25, -0.2) is 32.2 Å². The normalized spacial score (nSPS) is 20.5. The van der Waals surface area contributed by atoms with Gasteiger partial charge in [-0.15, -0.1) is 10.2 Å². The van der Waals surface area contributed by atoms with Gasteiger partial charge in [0.1, 0.15) is 18.0 Å². The Labute approximate surface area is 243 Å². The summed E-state index contributed by atoms with van der Waals surface area (Å²) < 4.78 is 54.9. The molecule has 0 amide bonds. The van der Waals surface area contributed by atoms with E-state index in [2.05, 4.69) is 45.7 Å². The van der Waals surface area contributed by atoms with Crippen molar-refractivity contribution in [3.8, 4) is 17.2 Å². The van der Waals surface area contributed by atoms with Crippen LogP contribution in [0.15, 0.2) is 49.4 Å². The molecule has 42 heavy (non-hydrogen) atoms. The molecule has 2 aliphatic rings. The lowest BCUT2D eigenvalue weighted by Gasteiger charge is -2.37. The van der Waals surface area contributed by atoms with Gasteiger partial charge in [0.25, 0.3) is 5.95 Å². The van der Waals surface area contributed by atoms with Crippen molar-refractivity contribution >= 4 is 15.4 Å². The van der Waals surface area contributed by atoms with E-state index in [9.17, 15) is 17.2 Å². The zero-order valence-corrected chi connectivity index (χ0v) is 24.5. The van der Waals surface area contributed by atoms with Gasteiger partial charge in [0, 0.05) is 11.9 Å². The fraction of sp³-hybridized carbons (Fsp3) is 0.400. The zero-order chi connectivity index (χ0) is 29.9. The fourth-order valence-corrected chi connectivity index (χ4v) is 8.16. The van der Waals surface area contributed by atoms with Crippen molar-refractivity contribution in [2.75, 3.05) is 11.5 Å².